The van der Waals surface area contributed by atoms with E-state index in [1.165, 1.54) is 38.5 Å². The molecule has 2 aromatic heterocycles. The Morgan fingerprint density at radius 2 is 1.94 bits per heavy atom. The second kappa shape index (κ2) is 9.47. The second-order valence-corrected chi connectivity index (χ2v) is 13.4. The minimum atomic E-state index is 0.0394. The first kappa shape index (κ1) is 22.4. The van der Waals surface area contributed by atoms with Crippen LogP contribution in [-0.4, -0.2) is 42.1 Å². The van der Waals surface area contributed by atoms with Gasteiger partial charge in [0.15, 0.2) is 0 Å². The van der Waals surface area contributed by atoms with Crippen LogP contribution in [0.15, 0.2) is 21.2 Å². The number of furan rings is 1. The fourth-order valence-electron chi connectivity index (χ4n) is 5.47. The molecule has 3 aliphatic rings. The molecule has 7 nitrogen and oxygen atoms in total. The van der Waals surface area contributed by atoms with Crippen LogP contribution in [0.2, 0.25) is 0 Å². The number of nitrogens with one attached hydrogen (secondary N) is 2. The van der Waals surface area contributed by atoms with Gasteiger partial charge in [-0.25, -0.2) is 0 Å². The van der Waals surface area contributed by atoms with Crippen molar-refractivity contribution in [2.24, 2.45) is 0 Å². The van der Waals surface area contributed by atoms with E-state index in [4.69, 9.17) is 9.68 Å². The molecule has 3 fully saturated rings. The molecule has 0 radical (unpaired) electrons. The Morgan fingerprint density at radius 3 is 2.59 bits per heavy atom. The number of carbonyl (C=O) groups is 1. The molecular formula is C23H28BrIN5O2-. The van der Waals surface area contributed by atoms with E-state index in [-0.39, 0.29) is 27.4 Å². The van der Waals surface area contributed by atoms with Gasteiger partial charge in [0, 0.05) is 0 Å². The molecule has 2 aromatic rings. The normalized spacial score (nSPS) is 30.3. The molecule has 1 aliphatic carbocycles. The number of aromatic nitrogens is 1. The number of halogens is 2. The number of hydrogen-bond donors (Lipinski definition) is 2. The number of rotatable bonds is 5. The van der Waals surface area contributed by atoms with Gasteiger partial charge in [-0.1, -0.05) is 0 Å². The number of alkyl halides is 1. The molecule has 5 rings (SSSR count). The first-order valence-electron chi connectivity index (χ1n) is 11.4. The average molecular weight is 613 g/mol. The zero-order valence-corrected chi connectivity index (χ0v) is 21.9. The van der Waals surface area contributed by atoms with E-state index in [9.17, 15) is 4.79 Å². The predicted octanol–water partition coefficient (Wildman–Crippen LogP) is 1.32. The van der Waals surface area contributed by atoms with Crippen molar-refractivity contribution in [3.05, 3.63) is 22.5 Å². The molecule has 0 aromatic carbocycles. The number of carbonyl (C=O) groups excluding carboxylic acids is 1. The SMILES string of the molecule is CC(=O)NC1CC2CC[C@@H](C1)N2[I-]C1CCC(Nc2ncc3oc(C#N)cc3c2Br)CC1. The van der Waals surface area contributed by atoms with Crippen LogP contribution in [0.5, 0.6) is 0 Å². The summed E-state index contributed by atoms with van der Waals surface area (Å²) in [5.41, 5.74) is 0.629. The second-order valence-electron chi connectivity index (χ2n) is 9.21. The van der Waals surface area contributed by atoms with E-state index in [1.54, 1.807) is 19.2 Å². The van der Waals surface area contributed by atoms with Crippen molar-refractivity contribution >= 4 is 38.6 Å². The molecule has 2 N–H and O–H groups in total. The molecule has 9 heteroatoms. The van der Waals surface area contributed by atoms with Gasteiger partial charge in [0.1, 0.15) is 0 Å². The fraction of sp³-hybridized carbons (Fsp3) is 0.609. The summed E-state index contributed by atoms with van der Waals surface area (Å²) in [4.78, 5) is 16.0. The molecule has 2 aliphatic heterocycles. The van der Waals surface area contributed by atoms with Crippen LogP contribution in [0.1, 0.15) is 64.1 Å². The van der Waals surface area contributed by atoms with E-state index in [2.05, 4.69) is 34.7 Å². The number of amides is 1. The van der Waals surface area contributed by atoms with Crippen LogP contribution in [0, 0.1) is 11.3 Å². The van der Waals surface area contributed by atoms with Crippen molar-refractivity contribution in [1.82, 2.24) is 13.4 Å². The number of nitrogens with zero attached hydrogens (tertiary/aromatic N) is 3. The van der Waals surface area contributed by atoms with Crippen molar-refractivity contribution in [1.29, 1.82) is 5.26 Å². The van der Waals surface area contributed by atoms with Crippen LogP contribution >= 0.6 is 15.9 Å². The van der Waals surface area contributed by atoms with Gasteiger partial charge in [0.05, 0.1) is 0 Å². The summed E-state index contributed by atoms with van der Waals surface area (Å²) in [6.07, 6.45) is 11.5. The Hall–Kier alpha value is -1.38. The molecule has 2 unspecified atom stereocenters. The van der Waals surface area contributed by atoms with Gasteiger partial charge in [-0.05, 0) is 0 Å². The number of pyridine rings is 1. The maximum atomic E-state index is 11.5. The molecule has 3 atom stereocenters. The van der Waals surface area contributed by atoms with Crippen molar-refractivity contribution in [3.63, 3.8) is 0 Å². The predicted molar refractivity (Wildman–Crippen MR) is 122 cm³/mol. The number of hydrogen-bond acceptors (Lipinski definition) is 6. The fourth-order valence-corrected chi connectivity index (χ4v) is 10.1. The molecular weight excluding hydrogens is 585 g/mol. The molecule has 4 heterocycles. The van der Waals surface area contributed by atoms with E-state index >= 15 is 0 Å². The molecule has 2 bridgehead atoms. The van der Waals surface area contributed by atoms with E-state index in [1.807, 2.05) is 6.07 Å². The summed E-state index contributed by atoms with van der Waals surface area (Å²) >= 11 is 3.69. The molecule has 0 spiro atoms. The summed E-state index contributed by atoms with van der Waals surface area (Å²) < 4.78 is 10.1. The van der Waals surface area contributed by atoms with Crippen LogP contribution in [0.25, 0.3) is 11.0 Å². The van der Waals surface area contributed by atoms with E-state index < -0.39 is 0 Å². The third kappa shape index (κ3) is 4.64. The van der Waals surface area contributed by atoms with Crippen molar-refractivity contribution in [2.45, 2.75) is 86.4 Å². The number of piperidine rings is 1. The molecule has 1 amide bonds. The summed E-state index contributed by atoms with van der Waals surface area (Å²) in [6.45, 7) is 1.64. The summed E-state index contributed by atoms with van der Waals surface area (Å²) in [5, 5.41) is 16.7. The van der Waals surface area contributed by atoms with Crippen LogP contribution < -0.4 is 32.1 Å². The maximum absolute atomic E-state index is 11.5. The zero-order valence-electron chi connectivity index (χ0n) is 18.1. The van der Waals surface area contributed by atoms with Crippen molar-refractivity contribution < 1.29 is 30.7 Å². The minimum absolute atomic E-state index is 0.0394. The standard InChI is InChI=1S/C23H28BrIN5O2/c1-13(31)28-16-8-17-6-7-18(9-16)30(17)25-14-2-4-15(5-3-14)29-23-22(24)20-10-19(11-26)32-21(20)12-27-23/h10,12,14-18H,2-9H2,1H3,(H,27,29)(H,28,31)/q-1/t14?,15?,16?,17-,18?/m0/s1. The Morgan fingerprint density at radius 1 is 1.22 bits per heavy atom. The van der Waals surface area contributed by atoms with Gasteiger partial charge in [-0.15, -0.1) is 0 Å². The zero-order chi connectivity index (χ0) is 22.2. The number of anilines is 1. The monoisotopic (exact) mass is 612 g/mol. The van der Waals surface area contributed by atoms with Gasteiger partial charge >= 0.3 is 208 Å². The molecule has 172 valence electrons. The van der Waals surface area contributed by atoms with Crippen LogP contribution in [0.4, 0.5) is 5.82 Å². The Kier molecular flexibility index (Phi) is 6.63. The van der Waals surface area contributed by atoms with Gasteiger partial charge in [0.2, 0.25) is 0 Å². The van der Waals surface area contributed by atoms with Gasteiger partial charge < -0.3 is 0 Å². The van der Waals surface area contributed by atoms with Gasteiger partial charge in [-0.3, -0.25) is 0 Å². The Bertz CT molecular complexity index is 1030. The van der Waals surface area contributed by atoms with Crippen LogP contribution in [-0.2, 0) is 4.79 Å². The van der Waals surface area contributed by atoms with Crippen molar-refractivity contribution in [2.75, 3.05) is 5.32 Å². The summed E-state index contributed by atoms with van der Waals surface area (Å²) in [6, 6.07) is 6.00. The first-order chi connectivity index (χ1) is 15.5. The summed E-state index contributed by atoms with van der Waals surface area (Å²) in [7, 11) is 0. The Balaban J connectivity index is 1.15. The third-order valence-electron chi connectivity index (χ3n) is 6.93. The number of nitriles is 1. The van der Waals surface area contributed by atoms with Gasteiger partial charge in [-0.2, -0.15) is 0 Å². The molecule has 2 saturated heterocycles. The van der Waals surface area contributed by atoms with E-state index in [0.29, 0.717) is 35.5 Å². The Labute approximate surface area is 207 Å². The quantitative estimate of drug-likeness (QED) is 0.301. The number of fused-ring (bicyclic) bond motifs is 3. The molecule has 1 saturated carbocycles. The topological polar surface area (TPSA) is 94.2 Å². The van der Waals surface area contributed by atoms with Crippen LogP contribution in [0.3, 0.4) is 0 Å². The van der Waals surface area contributed by atoms with E-state index in [0.717, 1.165) is 32.4 Å². The van der Waals surface area contributed by atoms with Crippen molar-refractivity contribution in [3.8, 4) is 6.07 Å². The first-order valence-corrected chi connectivity index (χ1v) is 14.4. The average Bonchev–Trinajstić information content (AvgIpc) is 3.29. The van der Waals surface area contributed by atoms with Gasteiger partial charge in [0.25, 0.3) is 0 Å². The molecule has 32 heavy (non-hydrogen) atoms. The third-order valence-corrected chi connectivity index (χ3v) is 12.0. The summed E-state index contributed by atoms with van der Waals surface area (Å²) in [5.74, 6) is 1.25.